The fraction of sp³-hybridized carbons (Fsp3) is 0.440. The van der Waals surface area contributed by atoms with Gasteiger partial charge < -0.3 is 18.8 Å². The molecule has 2 aliphatic heterocycles. The van der Waals surface area contributed by atoms with Crippen molar-refractivity contribution in [3.63, 3.8) is 0 Å². The van der Waals surface area contributed by atoms with Gasteiger partial charge in [-0.15, -0.1) is 0 Å². The van der Waals surface area contributed by atoms with Crippen LogP contribution in [0.1, 0.15) is 44.0 Å². The van der Waals surface area contributed by atoms with Gasteiger partial charge in [0.1, 0.15) is 12.4 Å². The molecule has 3 heterocycles. The summed E-state index contributed by atoms with van der Waals surface area (Å²) in [5.74, 6) is 1.66. The van der Waals surface area contributed by atoms with E-state index in [0.717, 1.165) is 30.3 Å². The van der Waals surface area contributed by atoms with Gasteiger partial charge in [0.2, 0.25) is 16.8 Å². The average Bonchev–Trinajstić information content (AvgIpc) is 3.49. The van der Waals surface area contributed by atoms with Crippen LogP contribution in [0, 0.1) is 0 Å². The summed E-state index contributed by atoms with van der Waals surface area (Å²) in [6.07, 6.45) is 3.58. The molecule has 2 aliphatic rings. The third-order valence-corrected chi connectivity index (χ3v) is 8.38. The summed E-state index contributed by atoms with van der Waals surface area (Å²) in [6.45, 7) is 3.94. The highest BCUT2D eigenvalue weighted by Crippen LogP contribution is 2.33. The van der Waals surface area contributed by atoms with Crippen LogP contribution in [0.5, 0.6) is 11.5 Å². The Kier molecular flexibility index (Phi) is 6.66. The highest BCUT2D eigenvalue weighted by atomic mass is 32.2. The van der Waals surface area contributed by atoms with E-state index >= 15 is 0 Å². The molecule has 3 aromatic rings. The van der Waals surface area contributed by atoms with E-state index in [2.05, 4.69) is 4.98 Å². The second-order valence-electron chi connectivity index (χ2n) is 8.74. The maximum Gasteiger partial charge on any atom is 0.306 e. The molecule has 2 aromatic carbocycles. The molecule has 0 amide bonds. The van der Waals surface area contributed by atoms with Crippen molar-refractivity contribution in [2.24, 2.45) is 0 Å². The number of esters is 1. The molecule has 0 bridgehead atoms. The molecule has 0 spiro atoms. The van der Waals surface area contributed by atoms with Gasteiger partial charge in [-0.1, -0.05) is 12.5 Å². The summed E-state index contributed by atoms with van der Waals surface area (Å²) < 4.78 is 45.8. The summed E-state index contributed by atoms with van der Waals surface area (Å²) in [5.41, 5.74) is 2.36. The first kappa shape index (κ1) is 23.6. The highest BCUT2D eigenvalue weighted by Gasteiger charge is 2.27. The zero-order chi connectivity index (χ0) is 24.4. The van der Waals surface area contributed by atoms with E-state index in [-0.39, 0.29) is 30.7 Å². The lowest BCUT2D eigenvalue weighted by Gasteiger charge is -2.25. The highest BCUT2D eigenvalue weighted by molar-refractivity contribution is 7.89. The molecule has 35 heavy (non-hydrogen) atoms. The predicted molar refractivity (Wildman–Crippen MR) is 129 cm³/mol. The minimum absolute atomic E-state index is 0.0245. The molecule has 10 heteroatoms. The maximum absolute atomic E-state index is 13.1. The van der Waals surface area contributed by atoms with Gasteiger partial charge in [0.25, 0.3) is 0 Å². The first-order chi connectivity index (χ1) is 17.0. The molecule has 5 rings (SSSR count). The van der Waals surface area contributed by atoms with Crippen LogP contribution in [0.2, 0.25) is 0 Å². The lowest BCUT2D eigenvalue weighted by Crippen LogP contribution is -2.35. The lowest BCUT2D eigenvalue weighted by molar-refractivity contribution is -0.145. The van der Waals surface area contributed by atoms with E-state index in [0.29, 0.717) is 48.9 Å². The van der Waals surface area contributed by atoms with Gasteiger partial charge in [-0.25, -0.2) is 13.4 Å². The Morgan fingerprint density at radius 2 is 1.86 bits per heavy atom. The Morgan fingerprint density at radius 1 is 1.06 bits per heavy atom. The van der Waals surface area contributed by atoms with Crippen LogP contribution in [0.3, 0.4) is 0 Å². The fourth-order valence-electron chi connectivity index (χ4n) is 4.60. The van der Waals surface area contributed by atoms with Crippen molar-refractivity contribution in [3.05, 3.63) is 47.8 Å². The van der Waals surface area contributed by atoms with Crippen LogP contribution >= 0.6 is 0 Å². The normalized spacial score (nSPS) is 16.0. The van der Waals surface area contributed by atoms with Crippen molar-refractivity contribution in [1.82, 2.24) is 13.9 Å². The number of ether oxygens (including phenoxy) is 3. The summed E-state index contributed by atoms with van der Waals surface area (Å²) in [7, 11) is -3.55. The summed E-state index contributed by atoms with van der Waals surface area (Å²) in [6, 6.07) is 10.7. The van der Waals surface area contributed by atoms with E-state index in [1.807, 2.05) is 29.7 Å². The molecular formula is C25H29N3O6S. The fourth-order valence-corrected chi connectivity index (χ4v) is 6.14. The van der Waals surface area contributed by atoms with Crippen LogP contribution in [0.25, 0.3) is 11.0 Å². The Labute approximate surface area is 204 Å². The van der Waals surface area contributed by atoms with Gasteiger partial charge in [-0.05, 0) is 62.1 Å². The van der Waals surface area contributed by atoms with Crippen molar-refractivity contribution >= 4 is 27.0 Å². The Balaban J connectivity index is 1.26. The number of rotatable bonds is 8. The van der Waals surface area contributed by atoms with E-state index < -0.39 is 10.0 Å². The van der Waals surface area contributed by atoms with Crippen LogP contribution in [0.4, 0.5) is 0 Å². The standard InChI is InChI=1S/C25H29N3O6S/c1-2-28-21-9-8-19(35(30,31)27-12-4-3-5-13-27)15-20(21)26-24(28)16-32-25(29)11-7-18-6-10-22-23(14-18)34-17-33-22/h6,8-10,14-15H,2-5,7,11-13,16-17H2,1H3. The summed E-state index contributed by atoms with van der Waals surface area (Å²) in [5, 5.41) is 0. The van der Waals surface area contributed by atoms with Crippen LogP contribution in [0.15, 0.2) is 41.3 Å². The number of hydrogen-bond acceptors (Lipinski definition) is 7. The van der Waals surface area contributed by atoms with Crippen LogP contribution in [-0.2, 0) is 39.1 Å². The number of aryl methyl sites for hydroxylation is 2. The average molecular weight is 500 g/mol. The van der Waals surface area contributed by atoms with Crippen molar-refractivity contribution in [1.29, 1.82) is 0 Å². The third kappa shape index (κ3) is 4.85. The molecule has 9 nitrogen and oxygen atoms in total. The molecule has 0 N–H and O–H groups in total. The quantitative estimate of drug-likeness (QED) is 0.436. The van der Waals surface area contributed by atoms with Gasteiger partial charge in [0, 0.05) is 26.1 Å². The second kappa shape index (κ2) is 9.87. The van der Waals surface area contributed by atoms with Crippen molar-refractivity contribution < 1.29 is 27.4 Å². The SMILES string of the molecule is CCn1c(COC(=O)CCc2ccc3c(c2)OCO3)nc2cc(S(=O)(=O)N3CCCCC3)ccc21. The Bertz CT molecular complexity index is 1340. The summed E-state index contributed by atoms with van der Waals surface area (Å²) in [4.78, 5) is 17.3. The molecule has 1 fully saturated rings. The molecular weight excluding hydrogens is 470 g/mol. The monoisotopic (exact) mass is 499 g/mol. The van der Waals surface area contributed by atoms with Gasteiger partial charge in [-0.2, -0.15) is 4.31 Å². The molecule has 0 unspecified atom stereocenters. The lowest BCUT2D eigenvalue weighted by atomic mass is 10.1. The van der Waals surface area contributed by atoms with Gasteiger partial charge >= 0.3 is 5.97 Å². The maximum atomic E-state index is 13.1. The minimum Gasteiger partial charge on any atom is -0.457 e. The minimum atomic E-state index is -3.55. The number of hydrogen-bond donors (Lipinski definition) is 0. The van der Waals surface area contributed by atoms with Crippen molar-refractivity contribution in [3.8, 4) is 11.5 Å². The number of benzene rings is 2. The number of carbonyl (C=O) groups excluding carboxylic acids is 1. The number of imidazole rings is 1. The molecule has 186 valence electrons. The number of sulfonamides is 1. The molecule has 0 aliphatic carbocycles. The smallest absolute Gasteiger partial charge is 0.306 e. The summed E-state index contributed by atoms with van der Waals surface area (Å²) >= 11 is 0. The predicted octanol–water partition coefficient (Wildman–Crippen LogP) is 3.64. The third-order valence-electron chi connectivity index (χ3n) is 6.48. The number of nitrogens with zero attached hydrogens (tertiary/aromatic N) is 3. The Morgan fingerprint density at radius 3 is 2.66 bits per heavy atom. The van der Waals surface area contributed by atoms with Crippen molar-refractivity contribution in [2.75, 3.05) is 19.9 Å². The van der Waals surface area contributed by atoms with E-state index in [9.17, 15) is 13.2 Å². The van der Waals surface area contributed by atoms with Gasteiger partial charge in [-0.3, -0.25) is 4.79 Å². The number of aromatic nitrogens is 2. The van der Waals surface area contributed by atoms with E-state index in [1.165, 1.54) is 0 Å². The number of fused-ring (bicyclic) bond motifs is 2. The first-order valence-electron chi connectivity index (χ1n) is 12.0. The number of carbonyl (C=O) groups is 1. The largest absolute Gasteiger partial charge is 0.457 e. The first-order valence-corrected chi connectivity index (χ1v) is 13.4. The topological polar surface area (TPSA) is 100.0 Å². The molecule has 1 saturated heterocycles. The van der Waals surface area contributed by atoms with E-state index in [1.54, 1.807) is 22.5 Å². The number of piperidine rings is 1. The van der Waals surface area contributed by atoms with Gasteiger partial charge in [0.15, 0.2) is 11.5 Å². The van der Waals surface area contributed by atoms with E-state index in [4.69, 9.17) is 14.2 Å². The molecule has 0 saturated carbocycles. The molecule has 0 radical (unpaired) electrons. The molecule has 1 aromatic heterocycles. The second-order valence-corrected chi connectivity index (χ2v) is 10.7. The van der Waals surface area contributed by atoms with Crippen molar-refractivity contribution in [2.45, 2.75) is 57.1 Å². The van der Waals surface area contributed by atoms with Gasteiger partial charge in [0.05, 0.1) is 15.9 Å². The molecule has 0 atom stereocenters. The van der Waals surface area contributed by atoms with Crippen LogP contribution < -0.4 is 9.47 Å². The zero-order valence-corrected chi connectivity index (χ0v) is 20.6. The van der Waals surface area contributed by atoms with Crippen LogP contribution in [-0.4, -0.2) is 48.1 Å². The Hall–Kier alpha value is -3.11. The zero-order valence-electron chi connectivity index (χ0n) is 19.7.